The molecule has 26 heavy (non-hydrogen) atoms. The third kappa shape index (κ3) is 2.00. The van der Waals surface area contributed by atoms with Crippen LogP contribution in [0.1, 0.15) is 68.8 Å². The maximum absolute atomic E-state index is 12.9. The molecule has 6 heteroatoms. The van der Waals surface area contributed by atoms with Crippen molar-refractivity contribution >= 4 is 11.6 Å². The quantitative estimate of drug-likeness (QED) is 0.531. The first-order valence-electron chi connectivity index (χ1n) is 8.50. The number of hydrogen-bond acceptors (Lipinski definition) is 6. The van der Waals surface area contributed by atoms with E-state index >= 15 is 0 Å². The summed E-state index contributed by atoms with van der Waals surface area (Å²) >= 11 is 0. The van der Waals surface area contributed by atoms with E-state index in [-0.39, 0.29) is 46.4 Å². The molecule has 4 N–H and O–H groups in total. The highest BCUT2D eigenvalue weighted by Gasteiger charge is 2.44. The number of carbonyl (C=O) groups is 2. The molecule has 0 fully saturated rings. The van der Waals surface area contributed by atoms with Crippen LogP contribution in [0.25, 0.3) is 0 Å². The molecule has 2 aromatic rings. The van der Waals surface area contributed by atoms with Gasteiger partial charge < -0.3 is 20.4 Å². The number of rotatable bonds is 1. The summed E-state index contributed by atoms with van der Waals surface area (Å²) < 4.78 is 0. The predicted octanol–water partition coefficient (Wildman–Crippen LogP) is 1.99. The largest absolute Gasteiger partial charge is 0.507 e. The smallest absolute Gasteiger partial charge is 0.198 e. The normalized spacial score (nSPS) is 24.0. The van der Waals surface area contributed by atoms with Crippen molar-refractivity contribution < 1.29 is 30.0 Å². The van der Waals surface area contributed by atoms with Crippen LogP contribution in [0.2, 0.25) is 0 Å². The zero-order valence-corrected chi connectivity index (χ0v) is 14.1. The molecule has 2 aromatic carbocycles. The van der Waals surface area contributed by atoms with Gasteiger partial charge in [0.2, 0.25) is 0 Å². The zero-order chi connectivity index (χ0) is 18.8. The van der Waals surface area contributed by atoms with Crippen molar-refractivity contribution in [3.63, 3.8) is 0 Å². The van der Waals surface area contributed by atoms with E-state index in [1.807, 2.05) is 0 Å². The van der Waals surface area contributed by atoms with Crippen LogP contribution in [-0.4, -0.2) is 37.6 Å². The number of hydrogen-bond donors (Lipinski definition) is 4. The van der Waals surface area contributed by atoms with Gasteiger partial charge in [0.25, 0.3) is 0 Å². The fourth-order valence-corrected chi connectivity index (χ4v) is 4.02. The van der Waals surface area contributed by atoms with E-state index in [9.17, 15) is 30.0 Å². The number of aromatic hydroxyl groups is 2. The number of phenols is 2. The standard InChI is InChI=1S/C20H18O6/c1-2-20(26)7-6-9-8-11-15(18(24)13(9)19(20)25)16(22)10-4-3-5-12(21)14(10)17(11)23/h3-5,8,19,21,24-26H,2,6-7H2,1H3/t19-,20-/m1/s1. The molecule has 4 rings (SSSR count). The number of phenolic OH excluding ortho intramolecular Hbond substituents is 2. The molecule has 0 saturated carbocycles. The minimum Gasteiger partial charge on any atom is -0.507 e. The number of aliphatic hydroxyl groups is 2. The Balaban J connectivity index is 1.99. The number of benzene rings is 2. The number of ketones is 2. The molecular formula is C20H18O6. The van der Waals surface area contributed by atoms with E-state index in [1.165, 1.54) is 24.3 Å². The Hall–Kier alpha value is -2.70. The van der Waals surface area contributed by atoms with Crippen LogP contribution >= 0.6 is 0 Å². The predicted molar refractivity (Wildman–Crippen MR) is 91.6 cm³/mol. The maximum atomic E-state index is 12.9. The Morgan fingerprint density at radius 3 is 2.50 bits per heavy atom. The van der Waals surface area contributed by atoms with Crippen LogP contribution in [0.3, 0.4) is 0 Å². The Kier molecular flexibility index (Phi) is 3.48. The van der Waals surface area contributed by atoms with Crippen molar-refractivity contribution in [3.05, 3.63) is 57.6 Å². The third-order valence-electron chi connectivity index (χ3n) is 5.63. The van der Waals surface area contributed by atoms with Crippen molar-refractivity contribution in [2.24, 2.45) is 0 Å². The van der Waals surface area contributed by atoms with Crippen LogP contribution in [-0.2, 0) is 6.42 Å². The molecule has 0 radical (unpaired) electrons. The monoisotopic (exact) mass is 354 g/mol. The minimum atomic E-state index is -1.39. The van der Waals surface area contributed by atoms with E-state index in [2.05, 4.69) is 0 Å². The van der Waals surface area contributed by atoms with E-state index in [1.54, 1.807) is 6.92 Å². The van der Waals surface area contributed by atoms with E-state index in [0.717, 1.165) is 0 Å². The van der Waals surface area contributed by atoms with Gasteiger partial charge in [-0.05, 0) is 37.0 Å². The van der Waals surface area contributed by atoms with Gasteiger partial charge in [0.1, 0.15) is 17.6 Å². The lowest BCUT2D eigenvalue weighted by Crippen LogP contribution is -2.40. The van der Waals surface area contributed by atoms with Crippen molar-refractivity contribution in [1.82, 2.24) is 0 Å². The molecule has 0 aliphatic heterocycles. The Labute approximate surface area is 149 Å². The molecule has 0 saturated heterocycles. The van der Waals surface area contributed by atoms with Crippen LogP contribution in [0.15, 0.2) is 24.3 Å². The minimum absolute atomic E-state index is 0.00815. The summed E-state index contributed by atoms with van der Waals surface area (Å²) in [5.41, 5.74) is -1.02. The van der Waals surface area contributed by atoms with Crippen LogP contribution in [0.4, 0.5) is 0 Å². The van der Waals surface area contributed by atoms with Gasteiger partial charge >= 0.3 is 0 Å². The topological polar surface area (TPSA) is 115 Å². The highest BCUT2D eigenvalue weighted by atomic mass is 16.3. The van der Waals surface area contributed by atoms with Gasteiger partial charge in [0.05, 0.1) is 16.7 Å². The summed E-state index contributed by atoms with van der Waals surface area (Å²) in [6.07, 6.45) is -0.435. The van der Waals surface area contributed by atoms with E-state index in [4.69, 9.17) is 0 Å². The lowest BCUT2D eigenvalue weighted by Gasteiger charge is -2.38. The van der Waals surface area contributed by atoms with Gasteiger partial charge in [-0.15, -0.1) is 0 Å². The molecule has 0 unspecified atom stereocenters. The molecule has 134 valence electrons. The van der Waals surface area contributed by atoms with Crippen molar-refractivity contribution in [1.29, 1.82) is 0 Å². The van der Waals surface area contributed by atoms with Crippen LogP contribution in [0, 0.1) is 0 Å². The summed E-state index contributed by atoms with van der Waals surface area (Å²) in [5.74, 6) is -1.90. The summed E-state index contributed by atoms with van der Waals surface area (Å²) in [4.78, 5) is 25.7. The van der Waals surface area contributed by atoms with E-state index < -0.39 is 29.0 Å². The van der Waals surface area contributed by atoms with Crippen LogP contribution in [0.5, 0.6) is 11.5 Å². The molecule has 2 aliphatic carbocycles. The second-order valence-corrected chi connectivity index (χ2v) is 6.94. The summed E-state index contributed by atoms with van der Waals surface area (Å²) in [5, 5.41) is 42.0. The molecule has 2 atom stereocenters. The molecule has 0 spiro atoms. The lowest BCUT2D eigenvalue weighted by molar-refractivity contribution is -0.0919. The van der Waals surface area contributed by atoms with Gasteiger partial charge in [-0.2, -0.15) is 0 Å². The highest BCUT2D eigenvalue weighted by molar-refractivity contribution is 6.30. The Bertz CT molecular complexity index is 977. The molecule has 0 aromatic heterocycles. The summed E-state index contributed by atoms with van der Waals surface area (Å²) in [7, 11) is 0. The van der Waals surface area contributed by atoms with Gasteiger partial charge in [0.15, 0.2) is 11.6 Å². The number of aliphatic hydroxyl groups excluding tert-OH is 1. The highest BCUT2D eigenvalue weighted by Crippen LogP contribution is 2.47. The van der Waals surface area contributed by atoms with Crippen molar-refractivity contribution in [2.45, 2.75) is 37.9 Å². The zero-order valence-electron chi connectivity index (χ0n) is 14.1. The molecule has 2 aliphatic rings. The average molecular weight is 354 g/mol. The number of fused-ring (bicyclic) bond motifs is 3. The van der Waals surface area contributed by atoms with Crippen LogP contribution < -0.4 is 0 Å². The Morgan fingerprint density at radius 1 is 1.12 bits per heavy atom. The number of aryl methyl sites for hydroxylation is 1. The van der Waals surface area contributed by atoms with E-state index in [0.29, 0.717) is 12.0 Å². The third-order valence-corrected chi connectivity index (χ3v) is 5.63. The fraction of sp³-hybridized carbons (Fsp3) is 0.300. The summed E-state index contributed by atoms with van der Waals surface area (Å²) in [6, 6.07) is 5.68. The van der Waals surface area contributed by atoms with Gasteiger partial charge in [0, 0.05) is 16.7 Å². The first-order valence-corrected chi connectivity index (χ1v) is 8.50. The van der Waals surface area contributed by atoms with Gasteiger partial charge in [-0.25, -0.2) is 0 Å². The second-order valence-electron chi connectivity index (χ2n) is 6.94. The first kappa shape index (κ1) is 16.8. The lowest BCUT2D eigenvalue weighted by atomic mass is 9.72. The number of carbonyl (C=O) groups excluding carboxylic acids is 2. The Morgan fingerprint density at radius 2 is 1.81 bits per heavy atom. The first-order chi connectivity index (χ1) is 12.3. The second kappa shape index (κ2) is 5.40. The molecular weight excluding hydrogens is 336 g/mol. The van der Waals surface area contributed by atoms with Crippen molar-refractivity contribution in [3.8, 4) is 11.5 Å². The SMILES string of the molecule is CC[C@@]1(O)CCc2cc3c(c(O)c2[C@H]1O)C(=O)c1cccc(O)c1C3=O. The average Bonchev–Trinajstić information content (AvgIpc) is 2.62. The molecule has 0 heterocycles. The molecule has 0 bridgehead atoms. The molecule has 6 nitrogen and oxygen atoms in total. The fourth-order valence-electron chi connectivity index (χ4n) is 4.02. The molecule has 0 amide bonds. The van der Waals surface area contributed by atoms with Gasteiger partial charge in [-0.3, -0.25) is 9.59 Å². The van der Waals surface area contributed by atoms with Crippen molar-refractivity contribution in [2.75, 3.05) is 0 Å². The van der Waals surface area contributed by atoms with Gasteiger partial charge in [-0.1, -0.05) is 19.1 Å². The summed E-state index contributed by atoms with van der Waals surface area (Å²) in [6.45, 7) is 1.73. The maximum Gasteiger partial charge on any atom is 0.198 e.